The highest BCUT2D eigenvalue weighted by atomic mass is 32.1. The van der Waals surface area contributed by atoms with Crippen molar-refractivity contribution in [3.05, 3.63) is 24.3 Å². The molecule has 0 aliphatic carbocycles. The highest BCUT2D eigenvalue weighted by Crippen LogP contribution is 2.43. The van der Waals surface area contributed by atoms with E-state index < -0.39 is 7.75 Å². The summed E-state index contributed by atoms with van der Waals surface area (Å²) in [5.41, 5.74) is 3.68. The summed E-state index contributed by atoms with van der Waals surface area (Å²) in [6.45, 7) is 4.10. The maximum absolute atomic E-state index is 12.2. The number of fused-ring (bicyclic) bond motifs is 1. The van der Waals surface area contributed by atoms with Crippen molar-refractivity contribution in [2.24, 2.45) is 0 Å². The molecule has 0 bridgehead atoms. The van der Waals surface area contributed by atoms with Gasteiger partial charge in [0.05, 0.1) is 23.4 Å². The smallest absolute Gasteiger partial charge is 0.296 e. The summed E-state index contributed by atoms with van der Waals surface area (Å²) >= 11 is 1.46. The summed E-state index contributed by atoms with van der Waals surface area (Å²) in [6.07, 6.45) is 0. The number of nitrogens with zero attached hydrogens (tertiary/aromatic N) is 1. The predicted molar refractivity (Wildman–Crippen MR) is 77.2 cm³/mol. The minimum Gasteiger partial charge on any atom is -0.296 e. The number of benzene rings is 1. The first-order chi connectivity index (χ1) is 9.17. The molecule has 0 saturated carbocycles. The fraction of sp³-hybridized carbons (Fsp3) is 0.364. The monoisotopic (exact) mass is 301 g/mol. The number of thiazole rings is 1. The van der Waals surface area contributed by atoms with Gasteiger partial charge in [0, 0.05) is 0 Å². The summed E-state index contributed by atoms with van der Waals surface area (Å²) in [5.74, 6) is 0. The van der Waals surface area contributed by atoms with E-state index in [0.29, 0.717) is 18.3 Å². The Kier molecular flexibility index (Phi) is 4.90. The van der Waals surface area contributed by atoms with Crippen molar-refractivity contribution in [1.82, 2.24) is 10.2 Å². The molecular formula is C11H16N3O3PS. The Balaban J connectivity index is 2.06. The number of hydrogen-bond donors (Lipinski definition) is 2. The molecule has 0 fully saturated rings. The van der Waals surface area contributed by atoms with E-state index in [2.05, 4.69) is 15.6 Å². The van der Waals surface area contributed by atoms with E-state index in [9.17, 15) is 4.57 Å². The lowest BCUT2D eigenvalue weighted by Gasteiger charge is -2.17. The highest BCUT2D eigenvalue weighted by molar-refractivity contribution is 7.51. The van der Waals surface area contributed by atoms with Gasteiger partial charge in [-0.2, -0.15) is 0 Å². The molecule has 2 rings (SSSR count). The minimum atomic E-state index is -3.32. The van der Waals surface area contributed by atoms with Crippen molar-refractivity contribution in [2.45, 2.75) is 13.8 Å². The van der Waals surface area contributed by atoms with Crippen LogP contribution in [0.15, 0.2) is 24.3 Å². The molecule has 0 radical (unpaired) electrons. The number of nitrogens with one attached hydrogen (secondary N) is 2. The summed E-state index contributed by atoms with van der Waals surface area (Å²) in [5, 5.41) is 3.20. The van der Waals surface area contributed by atoms with Crippen molar-refractivity contribution in [3.63, 3.8) is 0 Å². The summed E-state index contributed by atoms with van der Waals surface area (Å²) < 4.78 is 23.4. The van der Waals surface area contributed by atoms with Gasteiger partial charge in [-0.25, -0.2) is 9.55 Å². The lowest BCUT2D eigenvalue weighted by Crippen LogP contribution is -2.21. The first kappa shape index (κ1) is 14.4. The number of hydrazine groups is 1. The second-order valence-electron chi connectivity index (χ2n) is 3.56. The molecule has 0 amide bonds. The summed E-state index contributed by atoms with van der Waals surface area (Å²) in [6, 6.07) is 7.76. The number of anilines is 1. The molecule has 2 aromatic rings. The first-order valence-electron chi connectivity index (χ1n) is 5.95. The third kappa shape index (κ3) is 3.75. The van der Waals surface area contributed by atoms with Crippen LogP contribution in [0, 0.1) is 0 Å². The number of aromatic nitrogens is 1. The lowest BCUT2D eigenvalue weighted by molar-refractivity contribution is 0.213. The van der Waals surface area contributed by atoms with Crippen molar-refractivity contribution in [3.8, 4) is 0 Å². The lowest BCUT2D eigenvalue weighted by atomic mass is 10.3. The van der Waals surface area contributed by atoms with Crippen molar-refractivity contribution in [2.75, 3.05) is 18.6 Å². The van der Waals surface area contributed by atoms with Gasteiger partial charge in [0.15, 0.2) is 5.13 Å². The van der Waals surface area contributed by atoms with Crippen LogP contribution in [0.1, 0.15) is 13.8 Å². The van der Waals surface area contributed by atoms with Gasteiger partial charge in [0.25, 0.3) is 0 Å². The van der Waals surface area contributed by atoms with Crippen molar-refractivity contribution >= 4 is 34.4 Å². The fourth-order valence-electron chi connectivity index (χ4n) is 1.48. The summed E-state index contributed by atoms with van der Waals surface area (Å²) in [7, 11) is -3.32. The van der Waals surface area contributed by atoms with Crippen LogP contribution in [-0.2, 0) is 13.6 Å². The van der Waals surface area contributed by atoms with Gasteiger partial charge in [-0.1, -0.05) is 23.5 Å². The topological polar surface area (TPSA) is 72.5 Å². The molecule has 0 saturated heterocycles. The van der Waals surface area contributed by atoms with E-state index in [1.807, 2.05) is 24.3 Å². The van der Waals surface area contributed by atoms with E-state index >= 15 is 0 Å². The number of rotatable bonds is 7. The molecule has 1 heterocycles. The second-order valence-corrected chi connectivity index (χ2v) is 6.32. The van der Waals surface area contributed by atoms with Crippen LogP contribution >= 0.6 is 19.1 Å². The molecule has 0 atom stereocenters. The molecule has 104 valence electrons. The Morgan fingerprint density at radius 3 is 2.58 bits per heavy atom. The molecule has 6 nitrogen and oxygen atoms in total. The van der Waals surface area contributed by atoms with Crippen LogP contribution in [-0.4, -0.2) is 18.2 Å². The number of hydrogen-bond acceptors (Lipinski definition) is 6. The van der Waals surface area contributed by atoms with Gasteiger partial charge < -0.3 is 0 Å². The third-order valence-electron chi connectivity index (χ3n) is 2.19. The zero-order chi connectivity index (χ0) is 13.7. The first-order valence-corrected chi connectivity index (χ1v) is 8.30. The standard InChI is InChI=1S/C11H16N3O3PS/c1-3-16-18(15,17-4-2)14-13-11-12-9-7-5-6-8-10(9)19-11/h5-8H,3-4H2,1-2H3,(H,12,13)(H,14,15). The maximum atomic E-state index is 12.2. The van der Waals surface area contributed by atoms with Crippen molar-refractivity contribution < 1.29 is 13.6 Å². The van der Waals surface area contributed by atoms with Crippen LogP contribution in [0.3, 0.4) is 0 Å². The van der Waals surface area contributed by atoms with Gasteiger partial charge >= 0.3 is 7.75 Å². The quantitative estimate of drug-likeness (QED) is 0.603. The molecule has 0 aliphatic rings. The molecule has 0 aliphatic heterocycles. The van der Waals surface area contributed by atoms with E-state index in [-0.39, 0.29) is 0 Å². The zero-order valence-electron chi connectivity index (χ0n) is 10.8. The van der Waals surface area contributed by atoms with Gasteiger partial charge in [-0.3, -0.25) is 14.5 Å². The van der Waals surface area contributed by atoms with Crippen LogP contribution in [0.25, 0.3) is 10.2 Å². The van der Waals surface area contributed by atoms with E-state index in [1.165, 1.54) is 11.3 Å². The molecule has 0 spiro atoms. The summed E-state index contributed by atoms with van der Waals surface area (Å²) in [4.78, 5) is 4.35. The normalized spacial score (nSPS) is 11.9. The zero-order valence-corrected chi connectivity index (χ0v) is 12.5. The average Bonchev–Trinajstić information content (AvgIpc) is 2.80. The molecule has 2 N–H and O–H groups in total. The van der Waals surface area contributed by atoms with E-state index in [0.717, 1.165) is 10.2 Å². The Morgan fingerprint density at radius 2 is 1.95 bits per heavy atom. The Labute approximate surface area is 115 Å². The molecule has 1 aromatic carbocycles. The van der Waals surface area contributed by atoms with Crippen molar-refractivity contribution in [1.29, 1.82) is 0 Å². The predicted octanol–water partition coefficient (Wildman–Crippen LogP) is 3.39. The number of para-hydroxylation sites is 1. The molecule has 1 aromatic heterocycles. The van der Waals surface area contributed by atoms with E-state index in [1.54, 1.807) is 13.8 Å². The molecular weight excluding hydrogens is 285 g/mol. The van der Waals surface area contributed by atoms with Crippen LogP contribution in [0.5, 0.6) is 0 Å². The average molecular weight is 301 g/mol. The Bertz CT molecular complexity index is 546. The largest absolute Gasteiger partial charge is 0.423 e. The van der Waals surface area contributed by atoms with Gasteiger partial charge in [-0.05, 0) is 26.0 Å². The maximum Gasteiger partial charge on any atom is 0.423 e. The Morgan fingerprint density at radius 1 is 1.26 bits per heavy atom. The minimum absolute atomic E-state index is 0.297. The molecule has 0 unspecified atom stereocenters. The van der Waals surface area contributed by atoms with Gasteiger partial charge in [0.1, 0.15) is 0 Å². The van der Waals surface area contributed by atoms with Gasteiger partial charge in [0.2, 0.25) is 0 Å². The van der Waals surface area contributed by atoms with Crippen LogP contribution in [0.2, 0.25) is 0 Å². The molecule has 8 heteroatoms. The Hall–Kier alpha value is -0.980. The van der Waals surface area contributed by atoms with Crippen LogP contribution in [0.4, 0.5) is 5.13 Å². The third-order valence-corrected chi connectivity index (χ3v) is 4.73. The van der Waals surface area contributed by atoms with E-state index in [4.69, 9.17) is 9.05 Å². The fourth-order valence-corrected chi connectivity index (χ4v) is 3.50. The SMILES string of the molecule is CCOP(=O)(NNc1nc2ccccc2s1)OCC. The molecule has 19 heavy (non-hydrogen) atoms. The van der Waals surface area contributed by atoms with Gasteiger partial charge in [-0.15, -0.1) is 5.20 Å². The second kappa shape index (κ2) is 6.45. The van der Waals surface area contributed by atoms with Crippen LogP contribution < -0.4 is 10.6 Å². The highest BCUT2D eigenvalue weighted by Gasteiger charge is 2.23.